The Bertz CT molecular complexity index is 1220. The van der Waals surface area contributed by atoms with Crippen molar-refractivity contribution in [3.63, 3.8) is 0 Å². The molecule has 1 fully saturated rings. The van der Waals surface area contributed by atoms with Crippen LogP contribution in [0, 0.1) is 6.92 Å². The van der Waals surface area contributed by atoms with E-state index in [2.05, 4.69) is 28.2 Å². The molecule has 198 valence electrons. The Morgan fingerprint density at radius 2 is 1.65 bits per heavy atom. The Balaban J connectivity index is 1.34. The number of likely N-dealkylation sites (N-methyl/N-ethyl adjacent to an activating group) is 1. The zero-order valence-electron chi connectivity index (χ0n) is 20.1. The summed E-state index contributed by atoms with van der Waals surface area (Å²) >= 11 is -1.79. The molecule has 7 nitrogen and oxygen atoms in total. The second kappa shape index (κ2) is 12.4. The number of hydrogen-bond acceptors (Lipinski definition) is 9. The molecule has 0 radical (unpaired) electrons. The Hall–Kier alpha value is -2.48. The number of aryl methyl sites for hydroxylation is 1. The van der Waals surface area contributed by atoms with Gasteiger partial charge in [-0.05, 0) is 68.1 Å². The largest absolute Gasteiger partial charge is 0.484 e. The summed E-state index contributed by atoms with van der Waals surface area (Å²) in [5.41, 5.74) is 2.55. The number of ether oxygens (including phenoxy) is 2. The third-order valence-corrected chi connectivity index (χ3v) is 7.78. The highest BCUT2D eigenvalue weighted by Gasteiger charge is 2.40. The van der Waals surface area contributed by atoms with Crippen LogP contribution in [0.25, 0.3) is 10.9 Å². The van der Waals surface area contributed by atoms with Gasteiger partial charge in [0, 0.05) is 37.3 Å². The predicted octanol–water partition coefficient (Wildman–Crippen LogP) is 6.16. The zero-order chi connectivity index (χ0) is 26.4. The number of nitrogens with zero attached hydrogens (tertiary/aromatic N) is 3. The fraction of sp³-hybridized carbons (Fsp3) is 0.333. The van der Waals surface area contributed by atoms with Gasteiger partial charge in [-0.1, -0.05) is 0 Å². The summed E-state index contributed by atoms with van der Waals surface area (Å²) in [6.07, 6.45) is 0. The molecule has 0 bridgehead atoms. The van der Waals surface area contributed by atoms with E-state index in [-0.39, 0.29) is 18.3 Å². The van der Waals surface area contributed by atoms with Crippen molar-refractivity contribution < 1.29 is 25.9 Å². The van der Waals surface area contributed by atoms with Crippen molar-refractivity contribution in [2.75, 3.05) is 50.1 Å². The van der Waals surface area contributed by atoms with Crippen LogP contribution in [0.2, 0.25) is 0 Å². The van der Waals surface area contributed by atoms with Crippen LogP contribution in [0.1, 0.15) is 5.56 Å². The second-order valence-electron chi connectivity index (χ2n) is 8.46. The number of fused-ring (bicyclic) bond motifs is 1. The Kier molecular flexibility index (Phi) is 9.22. The van der Waals surface area contributed by atoms with Crippen molar-refractivity contribution >= 4 is 64.8 Å². The number of amides is 1. The molecule has 13 heteroatoms. The number of benzene rings is 2. The zero-order valence-corrected chi connectivity index (χ0v) is 22.5. The molecule has 4 rings (SSSR count). The standard InChI is InChI=1S/C24H25F3N4O3S3/c1-16-13-22(31-11-9-30(2)10-12-31)29-21-8-3-17(14-20(16)21)28-23(32)15-33-18-4-6-19(7-5-18)34-24(35-25,36-26)37-27/h3-8,13-14H,9-12,15H2,1-2H3,(H,28,32). The van der Waals surface area contributed by atoms with E-state index in [0.29, 0.717) is 11.4 Å². The number of pyridine rings is 1. The van der Waals surface area contributed by atoms with Crippen molar-refractivity contribution in [1.82, 2.24) is 9.88 Å². The third kappa shape index (κ3) is 6.89. The van der Waals surface area contributed by atoms with E-state index in [1.807, 2.05) is 19.1 Å². The van der Waals surface area contributed by atoms with E-state index in [1.165, 1.54) is 24.3 Å². The number of carbonyl (C=O) groups is 1. The van der Waals surface area contributed by atoms with Crippen LogP contribution in [-0.4, -0.2) is 59.2 Å². The molecule has 0 unspecified atom stereocenters. The van der Waals surface area contributed by atoms with Gasteiger partial charge < -0.3 is 24.6 Å². The normalized spacial score (nSPS) is 14.6. The first-order valence-electron chi connectivity index (χ1n) is 11.3. The number of anilines is 2. The lowest BCUT2D eigenvalue weighted by molar-refractivity contribution is -0.118. The van der Waals surface area contributed by atoms with Gasteiger partial charge in [-0.2, -0.15) is 11.7 Å². The smallest absolute Gasteiger partial charge is 0.338 e. The first kappa shape index (κ1) is 27.6. The quantitative estimate of drug-likeness (QED) is 0.289. The number of halogens is 3. The topological polar surface area (TPSA) is 66.9 Å². The Morgan fingerprint density at radius 1 is 1.00 bits per heavy atom. The maximum absolute atomic E-state index is 12.9. The number of aromatic nitrogens is 1. The monoisotopic (exact) mass is 570 g/mol. The number of nitrogens with one attached hydrogen (secondary N) is 1. The number of hydrogen-bond donors (Lipinski definition) is 1. The Labute approximate surface area is 226 Å². The average Bonchev–Trinajstić information content (AvgIpc) is 2.92. The van der Waals surface area contributed by atoms with Gasteiger partial charge in [0.2, 0.25) is 0 Å². The van der Waals surface area contributed by atoms with Crippen LogP contribution in [0.3, 0.4) is 0 Å². The van der Waals surface area contributed by atoms with E-state index in [4.69, 9.17) is 14.5 Å². The molecule has 37 heavy (non-hydrogen) atoms. The summed E-state index contributed by atoms with van der Waals surface area (Å²) in [7, 11) is 2.12. The van der Waals surface area contributed by atoms with Crippen molar-refractivity contribution in [2.45, 2.75) is 10.5 Å². The summed E-state index contributed by atoms with van der Waals surface area (Å²) in [6.45, 7) is 5.63. The van der Waals surface area contributed by atoms with Crippen molar-refractivity contribution in [2.24, 2.45) is 0 Å². The van der Waals surface area contributed by atoms with E-state index in [1.54, 1.807) is 6.07 Å². The van der Waals surface area contributed by atoms with Crippen LogP contribution in [0.5, 0.6) is 11.5 Å². The molecule has 0 spiro atoms. The molecule has 0 aliphatic carbocycles. The lowest BCUT2D eigenvalue weighted by Gasteiger charge is -2.33. The Morgan fingerprint density at radius 3 is 2.30 bits per heavy atom. The minimum absolute atomic E-state index is 0.0353. The summed E-state index contributed by atoms with van der Waals surface area (Å²) in [5.74, 6) is 0.959. The highest BCUT2D eigenvalue weighted by molar-refractivity contribution is 8.29. The molecule has 0 saturated carbocycles. The molecule has 1 aliphatic rings. The summed E-state index contributed by atoms with van der Waals surface area (Å²) in [6, 6.07) is 13.3. The van der Waals surface area contributed by atoms with Crippen molar-refractivity contribution in [3.8, 4) is 11.5 Å². The highest BCUT2D eigenvalue weighted by atomic mass is 32.3. The van der Waals surface area contributed by atoms with Gasteiger partial charge >= 0.3 is 3.60 Å². The molecule has 1 aliphatic heterocycles. The van der Waals surface area contributed by atoms with Gasteiger partial charge in [0.1, 0.15) is 53.8 Å². The van der Waals surface area contributed by atoms with E-state index < -0.39 is 40.0 Å². The minimum atomic E-state index is -2.39. The summed E-state index contributed by atoms with van der Waals surface area (Å²) < 4.78 is 46.7. The van der Waals surface area contributed by atoms with Crippen LogP contribution < -0.4 is 19.7 Å². The predicted molar refractivity (Wildman–Crippen MR) is 146 cm³/mol. The molecule has 2 heterocycles. The lowest BCUT2D eigenvalue weighted by Crippen LogP contribution is -2.44. The number of piperazine rings is 1. The molecule has 1 aromatic heterocycles. The minimum Gasteiger partial charge on any atom is -0.484 e. The molecule has 3 aromatic rings. The van der Waals surface area contributed by atoms with Crippen LogP contribution in [0.4, 0.5) is 23.2 Å². The van der Waals surface area contributed by atoms with E-state index >= 15 is 0 Å². The molecule has 1 amide bonds. The molecular weight excluding hydrogens is 545 g/mol. The van der Waals surface area contributed by atoms with E-state index in [9.17, 15) is 16.5 Å². The number of rotatable bonds is 10. The second-order valence-corrected chi connectivity index (χ2v) is 11.4. The van der Waals surface area contributed by atoms with Gasteiger partial charge in [0.25, 0.3) is 5.91 Å². The third-order valence-electron chi connectivity index (χ3n) is 5.83. The molecule has 1 N–H and O–H groups in total. The van der Waals surface area contributed by atoms with Crippen LogP contribution in [-0.2, 0) is 4.79 Å². The van der Waals surface area contributed by atoms with Gasteiger partial charge in [0.15, 0.2) is 6.61 Å². The SMILES string of the molecule is Cc1cc(N2CCN(C)CC2)nc2ccc(NC(=O)COc3ccc(OC(SF)(SF)SF)cc3)cc12. The fourth-order valence-electron chi connectivity index (χ4n) is 3.83. The highest BCUT2D eigenvalue weighted by Crippen LogP contribution is 2.49. The number of carbonyl (C=O) groups excluding carboxylic acids is 1. The molecule has 0 atom stereocenters. The first-order chi connectivity index (χ1) is 17.8. The van der Waals surface area contributed by atoms with Crippen LogP contribution in [0.15, 0.2) is 48.5 Å². The lowest BCUT2D eigenvalue weighted by atomic mass is 10.1. The van der Waals surface area contributed by atoms with Crippen LogP contribution >= 0.6 is 36.4 Å². The van der Waals surface area contributed by atoms with Gasteiger partial charge in [0.05, 0.1) is 5.52 Å². The maximum Gasteiger partial charge on any atom is 0.338 e. The molecule has 1 saturated heterocycles. The summed E-state index contributed by atoms with van der Waals surface area (Å²) in [5, 5.41) is 3.77. The van der Waals surface area contributed by atoms with Gasteiger partial charge in [-0.3, -0.25) is 4.79 Å². The molecule has 2 aromatic carbocycles. The van der Waals surface area contributed by atoms with Crippen molar-refractivity contribution in [1.29, 1.82) is 0 Å². The first-order valence-corrected chi connectivity index (χ1v) is 13.5. The summed E-state index contributed by atoms with van der Waals surface area (Å²) in [4.78, 5) is 21.8. The van der Waals surface area contributed by atoms with Crippen molar-refractivity contribution in [3.05, 3.63) is 54.1 Å². The van der Waals surface area contributed by atoms with E-state index in [0.717, 1.165) is 48.5 Å². The molecular formula is C24H25F3N4O3S3. The fourth-order valence-corrected chi connectivity index (χ4v) is 4.50. The van der Waals surface area contributed by atoms with Gasteiger partial charge in [-0.25, -0.2) is 4.98 Å². The van der Waals surface area contributed by atoms with Gasteiger partial charge in [-0.15, -0.1) is 0 Å². The maximum atomic E-state index is 12.9. The average molecular weight is 571 g/mol.